The molecule has 1 aromatic heterocycles. The summed E-state index contributed by atoms with van der Waals surface area (Å²) in [6.07, 6.45) is 2.23. The van der Waals surface area contributed by atoms with Crippen LogP contribution >= 0.6 is 0 Å². The third-order valence-electron chi connectivity index (χ3n) is 4.28. The smallest absolute Gasteiger partial charge is 0.274 e. The number of piperidine rings is 1. The molecule has 1 unspecified atom stereocenters. The van der Waals surface area contributed by atoms with E-state index in [9.17, 15) is 4.79 Å². The van der Waals surface area contributed by atoms with Gasteiger partial charge >= 0.3 is 0 Å². The number of likely N-dealkylation sites (tertiary alicyclic amines) is 1. The van der Waals surface area contributed by atoms with Gasteiger partial charge in [0, 0.05) is 13.1 Å². The molecule has 3 rings (SSSR count). The molecule has 0 bridgehead atoms. The lowest BCUT2D eigenvalue weighted by Gasteiger charge is -2.30. The average Bonchev–Trinajstić information content (AvgIpc) is 2.64. The second kappa shape index (κ2) is 7.96. The highest BCUT2D eigenvalue weighted by Gasteiger charge is 2.23. The highest BCUT2D eigenvalue weighted by atomic mass is 16.5. The Labute approximate surface area is 148 Å². The minimum Gasteiger partial charge on any atom is -0.492 e. The molecule has 1 N–H and O–H groups in total. The Hall–Kier alpha value is -2.63. The van der Waals surface area contributed by atoms with E-state index in [1.807, 2.05) is 36.1 Å². The maximum atomic E-state index is 12.5. The minimum atomic E-state index is -0.0414. The number of amides is 1. The predicted molar refractivity (Wildman–Crippen MR) is 97.2 cm³/mol. The molecule has 0 aliphatic carbocycles. The van der Waals surface area contributed by atoms with Gasteiger partial charge in [-0.05, 0) is 49.9 Å². The van der Waals surface area contributed by atoms with Crippen molar-refractivity contribution in [2.24, 2.45) is 5.92 Å². The SMILES string of the molecule is CCOc1ccccc1Nc1ccc(C(=O)N2CCCC(C)C2)nn1. The van der Waals surface area contributed by atoms with Gasteiger partial charge in [-0.1, -0.05) is 19.1 Å². The van der Waals surface area contributed by atoms with Crippen molar-refractivity contribution >= 4 is 17.4 Å². The van der Waals surface area contributed by atoms with Gasteiger partial charge in [-0.2, -0.15) is 0 Å². The average molecular weight is 340 g/mol. The number of nitrogens with one attached hydrogen (secondary N) is 1. The molecule has 0 radical (unpaired) electrons. The fourth-order valence-electron chi connectivity index (χ4n) is 3.04. The van der Waals surface area contributed by atoms with Crippen LogP contribution in [0.3, 0.4) is 0 Å². The third-order valence-corrected chi connectivity index (χ3v) is 4.28. The van der Waals surface area contributed by atoms with E-state index in [1.165, 1.54) is 6.42 Å². The third kappa shape index (κ3) is 4.26. The fraction of sp³-hybridized carbons (Fsp3) is 0.421. The largest absolute Gasteiger partial charge is 0.492 e. The zero-order valence-electron chi connectivity index (χ0n) is 14.7. The zero-order chi connectivity index (χ0) is 17.6. The van der Waals surface area contributed by atoms with Crippen LogP contribution in [-0.4, -0.2) is 40.7 Å². The molecule has 2 heterocycles. The van der Waals surface area contributed by atoms with E-state index in [2.05, 4.69) is 22.4 Å². The molecule has 1 fully saturated rings. The van der Waals surface area contributed by atoms with Crippen molar-refractivity contribution in [3.63, 3.8) is 0 Å². The van der Waals surface area contributed by atoms with Crippen LogP contribution in [0, 0.1) is 5.92 Å². The quantitative estimate of drug-likeness (QED) is 0.902. The Morgan fingerprint density at radius 3 is 2.84 bits per heavy atom. The summed E-state index contributed by atoms with van der Waals surface area (Å²) < 4.78 is 5.59. The topological polar surface area (TPSA) is 67.3 Å². The van der Waals surface area contributed by atoms with Gasteiger partial charge in [-0.25, -0.2) is 0 Å². The van der Waals surface area contributed by atoms with Crippen molar-refractivity contribution in [1.82, 2.24) is 15.1 Å². The van der Waals surface area contributed by atoms with Crippen molar-refractivity contribution < 1.29 is 9.53 Å². The van der Waals surface area contributed by atoms with E-state index in [0.29, 0.717) is 24.0 Å². The number of rotatable bonds is 5. The lowest BCUT2D eigenvalue weighted by atomic mass is 10.00. The van der Waals surface area contributed by atoms with E-state index < -0.39 is 0 Å². The Morgan fingerprint density at radius 1 is 1.28 bits per heavy atom. The second-order valence-electron chi connectivity index (χ2n) is 6.36. The summed E-state index contributed by atoms with van der Waals surface area (Å²) in [6.45, 7) is 6.30. The Balaban J connectivity index is 1.69. The first-order valence-corrected chi connectivity index (χ1v) is 8.79. The molecular formula is C19H24N4O2. The molecule has 1 saturated heterocycles. The molecule has 0 saturated carbocycles. The number of carbonyl (C=O) groups is 1. The molecule has 1 aliphatic rings. The van der Waals surface area contributed by atoms with Crippen LogP contribution in [0.4, 0.5) is 11.5 Å². The van der Waals surface area contributed by atoms with Crippen molar-refractivity contribution in [3.05, 3.63) is 42.1 Å². The van der Waals surface area contributed by atoms with Gasteiger partial charge < -0.3 is 15.0 Å². The van der Waals surface area contributed by atoms with E-state index in [-0.39, 0.29) is 5.91 Å². The monoisotopic (exact) mass is 340 g/mol. The number of nitrogens with zero attached hydrogens (tertiary/aromatic N) is 3. The van der Waals surface area contributed by atoms with Crippen LogP contribution < -0.4 is 10.1 Å². The van der Waals surface area contributed by atoms with E-state index in [4.69, 9.17) is 4.74 Å². The number of hydrogen-bond donors (Lipinski definition) is 1. The highest BCUT2D eigenvalue weighted by molar-refractivity contribution is 5.92. The van der Waals surface area contributed by atoms with Crippen molar-refractivity contribution in [2.45, 2.75) is 26.7 Å². The number of carbonyl (C=O) groups excluding carboxylic acids is 1. The molecule has 0 spiro atoms. The van der Waals surface area contributed by atoms with Crippen LogP contribution in [0.15, 0.2) is 36.4 Å². The fourth-order valence-corrected chi connectivity index (χ4v) is 3.04. The standard InChI is InChI=1S/C19H24N4O2/c1-3-25-17-9-5-4-8-15(17)20-18-11-10-16(21-22-18)19(24)23-12-6-7-14(2)13-23/h4-5,8-11,14H,3,6-7,12-13H2,1-2H3,(H,20,22). The summed E-state index contributed by atoms with van der Waals surface area (Å²) in [4.78, 5) is 14.4. The number of ether oxygens (including phenoxy) is 1. The number of benzene rings is 1. The van der Waals surface area contributed by atoms with E-state index >= 15 is 0 Å². The van der Waals surface area contributed by atoms with Crippen LogP contribution in [0.5, 0.6) is 5.75 Å². The van der Waals surface area contributed by atoms with Crippen molar-refractivity contribution in [1.29, 1.82) is 0 Å². The predicted octanol–water partition coefficient (Wildman–Crippen LogP) is 3.49. The molecule has 6 heteroatoms. The molecule has 2 aromatic rings. The molecule has 1 aliphatic heterocycles. The second-order valence-corrected chi connectivity index (χ2v) is 6.36. The van der Waals surface area contributed by atoms with Crippen LogP contribution in [0.25, 0.3) is 0 Å². The van der Waals surface area contributed by atoms with Gasteiger partial charge in [-0.3, -0.25) is 4.79 Å². The lowest BCUT2D eigenvalue weighted by molar-refractivity contribution is 0.0676. The zero-order valence-corrected chi connectivity index (χ0v) is 14.7. The first-order chi connectivity index (χ1) is 12.2. The first kappa shape index (κ1) is 17.2. The summed E-state index contributed by atoms with van der Waals surface area (Å²) in [5.41, 5.74) is 1.21. The van der Waals surface area contributed by atoms with Crippen LogP contribution in [-0.2, 0) is 0 Å². The summed E-state index contributed by atoms with van der Waals surface area (Å²) in [6, 6.07) is 11.2. The van der Waals surface area contributed by atoms with Gasteiger partial charge in [0.25, 0.3) is 5.91 Å². The number of aromatic nitrogens is 2. The van der Waals surface area contributed by atoms with Crippen LogP contribution in [0.1, 0.15) is 37.2 Å². The van der Waals surface area contributed by atoms with Gasteiger partial charge in [0.2, 0.25) is 0 Å². The Kier molecular flexibility index (Phi) is 5.48. The van der Waals surface area contributed by atoms with Gasteiger partial charge in [0.1, 0.15) is 5.75 Å². The van der Waals surface area contributed by atoms with E-state index in [1.54, 1.807) is 12.1 Å². The van der Waals surface area contributed by atoms with E-state index in [0.717, 1.165) is 30.9 Å². The van der Waals surface area contributed by atoms with Gasteiger partial charge in [0.05, 0.1) is 12.3 Å². The number of anilines is 2. The van der Waals surface area contributed by atoms with Crippen molar-refractivity contribution in [2.75, 3.05) is 25.0 Å². The summed E-state index contributed by atoms with van der Waals surface area (Å²) in [5, 5.41) is 11.4. The number of para-hydroxylation sites is 2. The Morgan fingerprint density at radius 2 is 2.12 bits per heavy atom. The van der Waals surface area contributed by atoms with Gasteiger partial charge in [-0.15, -0.1) is 10.2 Å². The highest BCUT2D eigenvalue weighted by Crippen LogP contribution is 2.26. The summed E-state index contributed by atoms with van der Waals surface area (Å²) in [5.74, 6) is 1.84. The number of hydrogen-bond acceptors (Lipinski definition) is 5. The molecule has 1 atom stereocenters. The van der Waals surface area contributed by atoms with Crippen molar-refractivity contribution in [3.8, 4) is 5.75 Å². The first-order valence-electron chi connectivity index (χ1n) is 8.79. The normalized spacial score (nSPS) is 17.2. The molecule has 6 nitrogen and oxygen atoms in total. The lowest BCUT2D eigenvalue weighted by Crippen LogP contribution is -2.39. The maximum Gasteiger partial charge on any atom is 0.274 e. The maximum absolute atomic E-state index is 12.5. The minimum absolute atomic E-state index is 0.0414. The van der Waals surface area contributed by atoms with Crippen LogP contribution in [0.2, 0.25) is 0 Å². The summed E-state index contributed by atoms with van der Waals surface area (Å²) in [7, 11) is 0. The molecule has 1 amide bonds. The summed E-state index contributed by atoms with van der Waals surface area (Å²) >= 11 is 0. The molecular weight excluding hydrogens is 316 g/mol. The van der Waals surface area contributed by atoms with Gasteiger partial charge in [0.15, 0.2) is 11.5 Å². The molecule has 25 heavy (non-hydrogen) atoms. The molecule has 1 aromatic carbocycles. The molecule has 132 valence electrons. The Bertz CT molecular complexity index is 718.